The van der Waals surface area contributed by atoms with E-state index < -0.39 is 15.9 Å². The first-order valence-electron chi connectivity index (χ1n) is 10.5. The van der Waals surface area contributed by atoms with Crippen molar-refractivity contribution in [3.8, 4) is 5.75 Å². The van der Waals surface area contributed by atoms with Gasteiger partial charge >= 0.3 is 0 Å². The molecule has 1 aromatic heterocycles. The van der Waals surface area contributed by atoms with Crippen molar-refractivity contribution in [3.63, 3.8) is 0 Å². The summed E-state index contributed by atoms with van der Waals surface area (Å²) in [4.78, 5) is 12.8. The molecule has 0 radical (unpaired) electrons. The van der Waals surface area contributed by atoms with E-state index in [9.17, 15) is 13.2 Å². The lowest BCUT2D eigenvalue weighted by Gasteiger charge is -2.26. The molecular weight excluding hydrogens is 523 g/mol. The molecule has 1 aliphatic heterocycles. The molecule has 1 saturated heterocycles. The summed E-state index contributed by atoms with van der Waals surface area (Å²) in [5.74, 6) is -0.0175. The van der Waals surface area contributed by atoms with Crippen molar-refractivity contribution in [1.82, 2.24) is 14.1 Å². The summed E-state index contributed by atoms with van der Waals surface area (Å²) in [5.41, 5.74) is 0.371. The summed E-state index contributed by atoms with van der Waals surface area (Å²) in [6.45, 7) is 0.925. The first-order chi connectivity index (χ1) is 16.2. The molecule has 1 fully saturated rings. The van der Waals surface area contributed by atoms with E-state index in [1.165, 1.54) is 27.3 Å². The van der Waals surface area contributed by atoms with Gasteiger partial charge in [0, 0.05) is 18.1 Å². The fourth-order valence-electron chi connectivity index (χ4n) is 3.54. The summed E-state index contributed by atoms with van der Waals surface area (Å²) in [6.07, 6.45) is 5.55. The smallest absolute Gasteiger partial charge is 0.257 e. The summed E-state index contributed by atoms with van der Waals surface area (Å²) in [6, 6.07) is 9.43. The van der Waals surface area contributed by atoms with Crippen molar-refractivity contribution in [2.45, 2.75) is 30.9 Å². The van der Waals surface area contributed by atoms with Gasteiger partial charge in [0.2, 0.25) is 10.0 Å². The molecule has 4 rings (SSSR count). The maximum atomic E-state index is 13.1. The summed E-state index contributed by atoms with van der Waals surface area (Å²) in [5, 5.41) is 7.37. The van der Waals surface area contributed by atoms with Crippen LogP contribution in [0.2, 0.25) is 15.1 Å². The Morgan fingerprint density at radius 3 is 2.56 bits per heavy atom. The van der Waals surface area contributed by atoms with Gasteiger partial charge in [-0.25, -0.2) is 13.1 Å². The number of carbonyl (C=O) groups is 1. The van der Waals surface area contributed by atoms with E-state index in [1.807, 2.05) is 0 Å². The van der Waals surface area contributed by atoms with E-state index in [0.717, 1.165) is 19.3 Å². The van der Waals surface area contributed by atoms with Gasteiger partial charge in [-0.05, 0) is 43.2 Å². The van der Waals surface area contributed by atoms with E-state index in [0.29, 0.717) is 29.5 Å². The van der Waals surface area contributed by atoms with Gasteiger partial charge in [-0.15, -0.1) is 0 Å². The van der Waals surface area contributed by atoms with Gasteiger partial charge in [-0.1, -0.05) is 47.3 Å². The molecule has 0 saturated carbocycles. The number of nitrogens with zero attached hydrogens (tertiary/aromatic N) is 3. The van der Waals surface area contributed by atoms with Crippen molar-refractivity contribution in [2.24, 2.45) is 0 Å². The highest BCUT2D eigenvalue weighted by Gasteiger charge is 2.30. The van der Waals surface area contributed by atoms with Crippen LogP contribution in [0.1, 0.15) is 29.6 Å². The second-order valence-electron chi connectivity index (χ2n) is 7.68. The lowest BCUT2D eigenvalue weighted by Crippen LogP contribution is -2.35. The van der Waals surface area contributed by atoms with Crippen molar-refractivity contribution in [2.75, 3.05) is 18.4 Å². The molecule has 180 valence electrons. The van der Waals surface area contributed by atoms with Gasteiger partial charge in [0.25, 0.3) is 5.91 Å². The molecule has 1 amide bonds. The van der Waals surface area contributed by atoms with E-state index >= 15 is 0 Å². The van der Waals surface area contributed by atoms with Crippen molar-refractivity contribution < 1.29 is 17.9 Å². The molecular formula is C22H21Cl3N4O4S. The average molecular weight is 544 g/mol. The number of piperidine rings is 1. The Morgan fingerprint density at radius 1 is 1.06 bits per heavy atom. The fraction of sp³-hybridized carbons (Fsp3) is 0.273. The minimum atomic E-state index is -3.85. The minimum absolute atomic E-state index is 0.00965. The van der Waals surface area contributed by atoms with Gasteiger partial charge in [-0.3, -0.25) is 4.79 Å². The third-order valence-corrected chi connectivity index (χ3v) is 8.16. The zero-order valence-electron chi connectivity index (χ0n) is 17.9. The quantitative estimate of drug-likeness (QED) is 0.436. The SMILES string of the molecule is O=C(Nc1cnn(COc2cccc(Cl)c2)c1)c1cc(S(=O)(=O)N2CCCCC2)c(Cl)cc1Cl. The highest BCUT2D eigenvalue weighted by atomic mass is 35.5. The predicted molar refractivity (Wildman–Crippen MR) is 131 cm³/mol. The molecule has 0 spiro atoms. The third-order valence-electron chi connectivity index (χ3n) is 5.25. The minimum Gasteiger partial charge on any atom is -0.471 e. The fourth-order valence-corrected chi connectivity index (χ4v) is 6.07. The molecule has 12 heteroatoms. The van der Waals surface area contributed by atoms with Crippen LogP contribution in [-0.2, 0) is 16.8 Å². The van der Waals surface area contributed by atoms with E-state index in [-0.39, 0.29) is 27.2 Å². The summed E-state index contributed by atoms with van der Waals surface area (Å²) >= 11 is 18.4. The highest BCUT2D eigenvalue weighted by molar-refractivity contribution is 7.89. The van der Waals surface area contributed by atoms with Crippen LogP contribution in [0.15, 0.2) is 53.7 Å². The molecule has 0 bridgehead atoms. The molecule has 1 aliphatic rings. The van der Waals surface area contributed by atoms with Gasteiger partial charge in [0.05, 0.1) is 33.7 Å². The standard InChI is InChI=1S/C22H21Cl3N4O4S/c23-15-5-4-6-17(9-15)33-14-28-13-16(12-26-28)27-22(30)18-10-21(20(25)11-19(18)24)34(31,32)29-7-2-1-3-8-29/h4-6,9-13H,1-3,7-8,14H2,(H,27,30). The molecule has 2 heterocycles. The largest absolute Gasteiger partial charge is 0.471 e. The average Bonchev–Trinajstić information content (AvgIpc) is 3.25. The van der Waals surface area contributed by atoms with Gasteiger partial charge in [0.1, 0.15) is 10.6 Å². The van der Waals surface area contributed by atoms with E-state index in [1.54, 1.807) is 30.5 Å². The maximum absolute atomic E-state index is 13.1. The monoisotopic (exact) mass is 542 g/mol. The first kappa shape index (κ1) is 24.8. The number of aromatic nitrogens is 2. The van der Waals surface area contributed by atoms with Crippen molar-refractivity contribution in [1.29, 1.82) is 0 Å². The number of carbonyl (C=O) groups excluding carboxylic acids is 1. The molecule has 3 aromatic rings. The van der Waals surface area contributed by atoms with E-state index in [4.69, 9.17) is 39.5 Å². The number of halogens is 3. The number of nitrogens with one attached hydrogen (secondary N) is 1. The number of rotatable bonds is 7. The highest BCUT2D eigenvalue weighted by Crippen LogP contribution is 2.32. The molecule has 0 unspecified atom stereocenters. The summed E-state index contributed by atoms with van der Waals surface area (Å²) < 4.78 is 34.7. The first-order valence-corrected chi connectivity index (χ1v) is 13.0. The Labute approximate surface area is 212 Å². The van der Waals surface area contributed by atoms with Crippen LogP contribution < -0.4 is 10.1 Å². The number of anilines is 1. The zero-order chi connectivity index (χ0) is 24.3. The molecule has 0 atom stereocenters. The number of sulfonamides is 1. The Kier molecular flexibility index (Phi) is 7.69. The maximum Gasteiger partial charge on any atom is 0.257 e. The lowest BCUT2D eigenvalue weighted by molar-refractivity contribution is 0.102. The van der Waals surface area contributed by atoms with Crippen LogP contribution in [0, 0.1) is 0 Å². The molecule has 34 heavy (non-hydrogen) atoms. The zero-order valence-corrected chi connectivity index (χ0v) is 21.0. The van der Waals surface area contributed by atoms with Crippen LogP contribution in [0.3, 0.4) is 0 Å². The molecule has 8 nitrogen and oxygen atoms in total. The Balaban J connectivity index is 1.48. The van der Waals surface area contributed by atoms with Gasteiger partial charge < -0.3 is 10.1 Å². The Morgan fingerprint density at radius 2 is 1.82 bits per heavy atom. The number of benzene rings is 2. The van der Waals surface area contributed by atoms with Gasteiger partial charge in [-0.2, -0.15) is 9.40 Å². The van der Waals surface area contributed by atoms with Crippen molar-refractivity contribution in [3.05, 3.63) is 69.4 Å². The van der Waals surface area contributed by atoms with Crippen LogP contribution in [0.25, 0.3) is 0 Å². The molecule has 2 aromatic carbocycles. The lowest BCUT2D eigenvalue weighted by atomic mass is 10.2. The Hall–Kier alpha value is -2.30. The molecule has 0 aliphatic carbocycles. The van der Waals surface area contributed by atoms with E-state index in [2.05, 4.69) is 10.4 Å². The second-order valence-corrected chi connectivity index (χ2v) is 10.8. The number of hydrogen-bond donors (Lipinski definition) is 1. The topological polar surface area (TPSA) is 93.5 Å². The Bertz CT molecular complexity index is 1310. The number of ether oxygens (including phenoxy) is 1. The van der Waals surface area contributed by atoms with Crippen LogP contribution in [0.5, 0.6) is 5.75 Å². The third kappa shape index (κ3) is 5.67. The van der Waals surface area contributed by atoms with Gasteiger partial charge in [0.15, 0.2) is 6.73 Å². The predicted octanol–water partition coefficient (Wildman–Crippen LogP) is 5.31. The number of amides is 1. The number of hydrogen-bond acceptors (Lipinski definition) is 5. The van der Waals surface area contributed by atoms with Crippen LogP contribution in [-0.4, -0.2) is 41.5 Å². The second kappa shape index (κ2) is 10.5. The van der Waals surface area contributed by atoms with Crippen LogP contribution >= 0.6 is 34.8 Å². The van der Waals surface area contributed by atoms with Crippen molar-refractivity contribution >= 4 is 56.4 Å². The molecule has 1 N–H and O–H groups in total. The normalized spacial score (nSPS) is 14.7. The summed E-state index contributed by atoms with van der Waals surface area (Å²) in [7, 11) is -3.85. The van der Waals surface area contributed by atoms with Crippen LogP contribution in [0.4, 0.5) is 5.69 Å².